The van der Waals surface area contributed by atoms with Gasteiger partial charge in [-0.05, 0) is 12.8 Å². The Kier molecular flexibility index (Phi) is 7.55. The number of nitrogens with one attached hydrogen (secondary N) is 2. The van der Waals surface area contributed by atoms with E-state index in [4.69, 9.17) is 5.11 Å². The zero-order valence-corrected chi connectivity index (χ0v) is 10.3. The molecule has 0 saturated heterocycles. The Morgan fingerprint density at radius 1 is 1.10 bits per heavy atom. The minimum absolute atomic E-state index is 0.139. The Balaban J connectivity index is 3.86. The summed E-state index contributed by atoms with van der Waals surface area (Å²) >= 11 is 0. The molecule has 116 valence electrons. The Bertz CT molecular complexity index is 363. The van der Waals surface area contributed by atoms with Crippen LogP contribution in [0, 0.1) is 0 Å². The number of urea groups is 1. The van der Waals surface area contributed by atoms with Gasteiger partial charge in [0, 0.05) is 12.8 Å². The third kappa shape index (κ3) is 8.27. The molecule has 0 aromatic rings. The number of carboxylic acid groups (broad SMARTS) is 1. The van der Waals surface area contributed by atoms with Crippen molar-refractivity contribution in [1.29, 1.82) is 0 Å². The molecule has 0 unspecified atom stereocenters. The van der Waals surface area contributed by atoms with Gasteiger partial charge in [-0.25, -0.2) is 13.6 Å². The van der Waals surface area contributed by atoms with Gasteiger partial charge in [-0.3, -0.25) is 14.9 Å². The second-order valence-electron chi connectivity index (χ2n) is 3.89. The number of hydrogen-bond donors (Lipinski definition) is 3. The lowest BCUT2D eigenvalue weighted by molar-refractivity contribution is -0.137. The van der Waals surface area contributed by atoms with Crippen molar-refractivity contribution in [3.63, 3.8) is 0 Å². The van der Waals surface area contributed by atoms with Crippen LogP contribution in [0.25, 0.3) is 0 Å². The number of rotatable bonds is 8. The Hall–Kier alpha value is -1.87. The number of carbonyl (C=O) groups is 3. The van der Waals surface area contributed by atoms with Gasteiger partial charge < -0.3 is 10.4 Å². The summed E-state index contributed by atoms with van der Waals surface area (Å²) in [5.74, 6) is -6.22. The fourth-order valence-electron chi connectivity index (χ4n) is 1.07. The highest BCUT2D eigenvalue weighted by molar-refractivity contribution is 5.94. The summed E-state index contributed by atoms with van der Waals surface area (Å²) in [5.41, 5.74) is 0. The second-order valence-corrected chi connectivity index (χ2v) is 3.89. The predicted octanol–water partition coefficient (Wildman–Crippen LogP) is 1.36. The van der Waals surface area contributed by atoms with Gasteiger partial charge in [0.1, 0.15) is 0 Å². The first-order valence-electron chi connectivity index (χ1n) is 5.60. The highest BCUT2D eigenvalue weighted by atomic mass is 19.3. The molecule has 0 atom stereocenters. The summed E-state index contributed by atoms with van der Waals surface area (Å²) in [7, 11) is 0. The van der Waals surface area contributed by atoms with Crippen LogP contribution < -0.4 is 10.6 Å². The molecule has 6 nitrogen and oxygen atoms in total. The van der Waals surface area contributed by atoms with E-state index in [0.717, 1.165) is 0 Å². The smallest absolute Gasteiger partial charge is 0.324 e. The number of aliphatic carboxylic acids is 1. The number of carbonyl (C=O) groups excluding carboxylic acids is 2. The second kappa shape index (κ2) is 8.33. The molecular formula is C10H14F4N2O4. The number of alkyl halides is 4. The minimum atomic E-state index is -4.37. The van der Waals surface area contributed by atoms with E-state index in [1.54, 1.807) is 5.32 Å². The van der Waals surface area contributed by atoms with Gasteiger partial charge in [0.15, 0.2) is 0 Å². The topological polar surface area (TPSA) is 95.5 Å². The van der Waals surface area contributed by atoms with Crippen molar-refractivity contribution in [2.45, 2.75) is 38.0 Å². The molecule has 0 aromatic carbocycles. The maximum absolute atomic E-state index is 12.4. The lowest BCUT2D eigenvalue weighted by Gasteiger charge is -2.15. The van der Waals surface area contributed by atoms with E-state index in [-0.39, 0.29) is 25.7 Å². The van der Waals surface area contributed by atoms with E-state index >= 15 is 0 Å². The predicted molar refractivity (Wildman–Crippen MR) is 58.6 cm³/mol. The number of unbranched alkanes of at least 4 members (excludes halogenated alkanes) is 1. The molecule has 0 spiro atoms. The van der Waals surface area contributed by atoms with Crippen LogP contribution in [-0.4, -0.2) is 41.9 Å². The first-order chi connectivity index (χ1) is 9.15. The summed E-state index contributed by atoms with van der Waals surface area (Å²) in [6.45, 7) is -1.59. The van der Waals surface area contributed by atoms with Gasteiger partial charge in [-0.2, -0.15) is 8.78 Å². The zero-order valence-electron chi connectivity index (χ0n) is 10.3. The van der Waals surface area contributed by atoms with Crippen LogP contribution >= 0.6 is 0 Å². The summed E-state index contributed by atoms with van der Waals surface area (Å²) in [5, 5.41) is 11.4. The van der Waals surface area contributed by atoms with Crippen molar-refractivity contribution in [2.75, 3.05) is 6.54 Å². The molecule has 10 heteroatoms. The summed E-state index contributed by atoms with van der Waals surface area (Å²) in [6.07, 6.45) is -3.83. The van der Waals surface area contributed by atoms with Crippen LogP contribution in [0.4, 0.5) is 22.4 Å². The summed E-state index contributed by atoms with van der Waals surface area (Å²) < 4.78 is 48.4. The van der Waals surface area contributed by atoms with Gasteiger partial charge in [-0.15, -0.1) is 0 Å². The standard InChI is InChI=1S/C10H14F4N2O4/c11-8(12)10(13,14)5-15-9(20)16-6(17)3-1-2-4-7(18)19/h8H,1-5H2,(H,18,19)(H2,15,16,17,20). The van der Waals surface area contributed by atoms with E-state index in [1.807, 2.05) is 0 Å². The molecule has 0 rings (SSSR count). The SMILES string of the molecule is O=C(O)CCCCC(=O)NC(=O)NCC(F)(F)C(F)F. The molecule has 0 aliphatic rings. The Morgan fingerprint density at radius 2 is 1.65 bits per heavy atom. The van der Waals surface area contributed by atoms with Crippen molar-refractivity contribution in [1.82, 2.24) is 10.6 Å². The number of amides is 3. The van der Waals surface area contributed by atoms with Gasteiger partial charge >= 0.3 is 24.3 Å². The van der Waals surface area contributed by atoms with Crippen LogP contribution in [-0.2, 0) is 9.59 Å². The molecular weight excluding hydrogens is 288 g/mol. The molecule has 3 N–H and O–H groups in total. The molecule has 3 amide bonds. The van der Waals surface area contributed by atoms with E-state index in [9.17, 15) is 31.9 Å². The molecule has 0 heterocycles. The van der Waals surface area contributed by atoms with E-state index < -0.39 is 36.8 Å². The van der Waals surface area contributed by atoms with Gasteiger partial charge in [-0.1, -0.05) is 0 Å². The van der Waals surface area contributed by atoms with Crippen LogP contribution in [0.3, 0.4) is 0 Å². The molecule has 0 saturated carbocycles. The lowest BCUT2D eigenvalue weighted by Crippen LogP contribution is -2.46. The summed E-state index contributed by atoms with van der Waals surface area (Å²) in [6, 6.07) is -1.31. The fourth-order valence-corrected chi connectivity index (χ4v) is 1.07. The highest BCUT2D eigenvalue weighted by Crippen LogP contribution is 2.21. The van der Waals surface area contributed by atoms with Crippen molar-refractivity contribution in [3.8, 4) is 0 Å². The molecule has 0 aliphatic carbocycles. The maximum atomic E-state index is 12.4. The number of carboxylic acids is 1. The number of halogens is 4. The molecule has 0 fully saturated rings. The molecule has 20 heavy (non-hydrogen) atoms. The molecule has 0 aromatic heterocycles. The third-order valence-corrected chi connectivity index (χ3v) is 2.10. The average Bonchev–Trinajstić information content (AvgIpc) is 2.32. The van der Waals surface area contributed by atoms with Crippen LogP contribution in [0.2, 0.25) is 0 Å². The average molecular weight is 302 g/mol. The molecule has 0 radical (unpaired) electrons. The normalized spacial score (nSPS) is 11.2. The van der Waals surface area contributed by atoms with Crippen LogP contribution in [0.5, 0.6) is 0 Å². The zero-order chi connectivity index (χ0) is 15.8. The molecule has 0 aliphatic heterocycles. The van der Waals surface area contributed by atoms with Gasteiger partial charge in [0.05, 0.1) is 6.54 Å². The minimum Gasteiger partial charge on any atom is -0.481 e. The number of imide groups is 1. The van der Waals surface area contributed by atoms with Gasteiger partial charge in [0.25, 0.3) is 0 Å². The first kappa shape index (κ1) is 18.1. The van der Waals surface area contributed by atoms with Crippen LogP contribution in [0.15, 0.2) is 0 Å². The van der Waals surface area contributed by atoms with Gasteiger partial charge in [0.2, 0.25) is 5.91 Å². The largest absolute Gasteiger partial charge is 0.481 e. The molecule has 0 bridgehead atoms. The third-order valence-electron chi connectivity index (χ3n) is 2.10. The first-order valence-corrected chi connectivity index (χ1v) is 5.60. The van der Waals surface area contributed by atoms with Crippen LogP contribution in [0.1, 0.15) is 25.7 Å². The quantitative estimate of drug-likeness (QED) is 0.466. The Labute approximate surface area is 111 Å². The van der Waals surface area contributed by atoms with E-state index in [0.29, 0.717) is 0 Å². The van der Waals surface area contributed by atoms with Crippen molar-refractivity contribution in [2.24, 2.45) is 0 Å². The van der Waals surface area contributed by atoms with Crippen molar-refractivity contribution < 1.29 is 37.1 Å². The van der Waals surface area contributed by atoms with E-state index in [1.165, 1.54) is 5.32 Å². The Morgan fingerprint density at radius 3 is 2.15 bits per heavy atom. The monoisotopic (exact) mass is 302 g/mol. The number of hydrogen-bond acceptors (Lipinski definition) is 3. The van der Waals surface area contributed by atoms with Crippen molar-refractivity contribution >= 4 is 17.9 Å². The van der Waals surface area contributed by atoms with E-state index in [2.05, 4.69) is 0 Å². The fraction of sp³-hybridized carbons (Fsp3) is 0.700. The lowest BCUT2D eigenvalue weighted by atomic mass is 10.2. The highest BCUT2D eigenvalue weighted by Gasteiger charge is 2.40. The summed E-state index contributed by atoms with van der Waals surface area (Å²) in [4.78, 5) is 32.2. The maximum Gasteiger partial charge on any atom is 0.324 e. The van der Waals surface area contributed by atoms with Crippen molar-refractivity contribution in [3.05, 3.63) is 0 Å².